The summed E-state index contributed by atoms with van der Waals surface area (Å²) in [6.45, 7) is 9.10. The summed E-state index contributed by atoms with van der Waals surface area (Å²) in [4.78, 5) is 0. The van der Waals surface area contributed by atoms with Crippen LogP contribution in [0, 0.1) is 18.8 Å². The van der Waals surface area contributed by atoms with Crippen molar-refractivity contribution in [2.75, 3.05) is 13.1 Å². The molecule has 0 saturated heterocycles. The molecule has 1 aliphatic rings. The Kier molecular flexibility index (Phi) is 3.65. The second-order valence-electron chi connectivity index (χ2n) is 5.51. The second-order valence-corrected chi connectivity index (χ2v) is 5.51. The van der Waals surface area contributed by atoms with Gasteiger partial charge in [0.25, 0.3) is 0 Å². The summed E-state index contributed by atoms with van der Waals surface area (Å²) in [6.07, 6.45) is 1.37. The highest BCUT2D eigenvalue weighted by atomic mass is 14.9. The monoisotopic (exact) mass is 217 g/mol. The van der Waals surface area contributed by atoms with E-state index >= 15 is 0 Å². The van der Waals surface area contributed by atoms with E-state index in [2.05, 4.69) is 50.4 Å². The van der Waals surface area contributed by atoms with Crippen molar-refractivity contribution in [3.8, 4) is 0 Å². The van der Waals surface area contributed by atoms with E-state index in [4.69, 9.17) is 0 Å². The summed E-state index contributed by atoms with van der Waals surface area (Å²) in [5.74, 6) is 2.45. The van der Waals surface area contributed by atoms with Gasteiger partial charge in [0.1, 0.15) is 0 Å². The molecule has 1 nitrogen and oxygen atoms in total. The van der Waals surface area contributed by atoms with Crippen molar-refractivity contribution in [1.29, 1.82) is 0 Å². The minimum atomic E-state index is 0.760. The highest BCUT2D eigenvalue weighted by Crippen LogP contribution is 2.47. The number of rotatable bonds is 5. The first-order chi connectivity index (χ1) is 7.68. The maximum absolute atomic E-state index is 3.57. The molecule has 88 valence electrons. The van der Waals surface area contributed by atoms with Crippen LogP contribution in [0.3, 0.4) is 0 Å². The van der Waals surface area contributed by atoms with Gasteiger partial charge >= 0.3 is 0 Å². The molecule has 1 N–H and O–H groups in total. The molecule has 2 unspecified atom stereocenters. The fourth-order valence-electron chi connectivity index (χ4n) is 2.41. The molecule has 1 saturated carbocycles. The molecule has 0 aliphatic heterocycles. The first-order valence-corrected chi connectivity index (χ1v) is 6.44. The lowest BCUT2D eigenvalue weighted by atomic mass is 10.0. The van der Waals surface area contributed by atoms with Crippen molar-refractivity contribution in [3.05, 3.63) is 35.4 Å². The minimum Gasteiger partial charge on any atom is -0.316 e. The van der Waals surface area contributed by atoms with Crippen molar-refractivity contribution in [3.63, 3.8) is 0 Å². The van der Waals surface area contributed by atoms with Crippen LogP contribution in [-0.4, -0.2) is 13.1 Å². The summed E-state index contributed by atoms with van der Waals surface area (Å²) >= 11 is 0. The molecule has 1 fully saturated rings. The first kappa shape index (κ1) is 11.7. The van der Waals surface area contributed by atoms with E-state index in [0.29, 0.717) is 0 Å². The molecule has 2 rings (SSSR count). The fraction of sp³-hybridized carbons (Fsp3) is 0.600. The van der Waals surface area contributed by atoms with Gasteiger partial charge in [-0.15, -0.1) is 0 Å². The molecule has 16 heavy (non-hydrogen) atoms. The lowest BCUT2D eigenvalue weighted by molar-refractivity contribution is 0.532. The van der Waals surface area contributed by atoms with Crippen LogP contribution in [0.25, 0.3) is 0 Å². The summed E-state index contributed by atoms with van der Waals surface area (Å²) < 4.78 is 0. The van der Waals surface area contributed by atoms with Gasteiger partial charge in [0.15, 0.2) is 0 Å². The Hall–Kier alpha value is -0.820. The molecular weight excluding hydrogens is 194 g/mol. The molecule has 0 aromatic heterocycles. The molecule has 0 amide bonds. The van der Waals surface area contributed by atoms with Gasteiger partial charge in [-0.25, -0.2) is 0 Å². The van der Waals surface area contributed by atoms with Gasteiger partial charge in [-0.05, 0) is 55.3 Å². The van der Waals surface area contributed by atoms with E-state index in [1.165, 1.54) is 18.5 Å². The molecule has 1 aliphatic carbocycles. The average molecular weight is 217 g/mol. The highest BCUT2D eigenvalue weighted by Gasteiger charge is 2.38. The molecule has 0 radical (unpaired) electrons. The predicted molar refractivity (Wildman–Crippen MR) is 69.7 cm³/mol. The molecule has 2 atom stereocenters. The number of nitrogens with one attached hydrogen (secondary N) is 1. The zero-order valence-corrected chi connectivity index (χ0v) is 10.7. The van der Waals surface area contributed by atoms with E-state index < -0.39 is 0 Å². The van der Waals surface area contributed by atoms with E-state index in [1.54, 1.807) is 5.56 Å². The Bertz CT molecular complexity index is 343. The van der Waals surface area contributed by atoms with Crippen molar-refractivity contribution in [2.24, 2.45) is 11.8 Å². The van der Waals surface area contributed by atoms with Crippen LogP contribution in [0.4, 0.5) is 0 Å². The van der Waals surface area contributed by atoms with Gasteiger partial charge in [0.2, 0.25) is 0 Å². The molecule has 1 aromatic carbocycles. The Labute approximate surface area is 99.3 Å². The number of hydrogen-bond donors (Lipinski definition) is 1. The van der Waals surface area contributed by atoms with Crippen LogP contribution in [0.15, 0.2) is 24.3 Å². The number of benzene rings is 1. The minimum absolute atomic E-state index is 0.760. The van der Waals surface area contributed by atoms with Crippen LogP contribution in [0.1, 0.15) is 37.3 Å². The highest BCUT2D eigenvalue weighted by molar-refractivity contribution is 5.33. The largest absolute Gasteiger partial charge is 0.316 e. The van der Waals surface area contributed by atoms with E-state index in [0.717, 1.165) is 24.3 Å². The van der Waals surface area contributed by atoms with Crippen LogP contribution < -0.4 is 5.32 Å². The second kappa shape index (κ2) is 5.01. The third kappa shape index (κ3) is 2.85. The number of aryl methyl sites for hydroxylation is 1. The van der Waals surface area contributed by atoms with Crippen molar-refractivity contribution in [2.45, 2.75) is 33.1 Å². The van der Waals surface area contributed by atoms with Crippen LogP contribution in [-0.2, 0) is 0 Å². The standard InChI is InChI=1S/C15H23N/c1-11(2)9-16-10-13-8-15(13)14-7-5-4-6-12(14)3/h4-7,11,13,15-16H,8-10H2,1-3H3. The van der Waals surface area contributed by atoms with Gasteiger partial charge < -0.3 is 5.32 Å². The van der Waals surface area contributed by atoms with Crippen LogP contribution >= 0.6 is 0 Å². The topological polar surface area (TPSA) is 12.0 Å². The maximum atomic E-state index is 3.57. The summed E-state index contributed by atoms with van der Waals surface area (Å²) in [6, 6.07) is 8.82. The molecule has 0 bridgehead atoms. The normalized spacial score (nSPS) is 23.8. The van der Waals surface area contributed by atoms with Crippen LogP contribution in [0.2, 0.25) is 0 Å². The molecular formula is C15H23N. The van der Waals surface area contributed by atoms with Gasteiger partial charge in [0, 0.05) is 0 Å². The lowest BCUT2D eigenvalue weighted by Gasteiger charge is -2.08. The average Bonchev–Trinajstić information content (AvgIpc) is 2.97. The zero-order chi connectivity index (χ0) is 11.5. The van der Waals surface area contributed by atoms with Crippen molar-refractivity contribution < 1.29 is 0 Å². The van der Waals surface area contributed by atoms with Gasteiger partial charge in [-0.2, -0.15) is 0 Å². The Morgan fingerprint density at radius 1 is 1.31 bits per heavy atom. The van der Waals surface area contributed by atoms with E-state index in [1.807, 2.05) is 0 Å². The summed E-state index contributed by atoms with van der Waals surface area (Å²) in [7, 11) is 0. The number of hydrogen-bond acceptors (Lipinski definition) is 1. The van der Waals surface area contributed by atoms with E-state index in [9.17, 15) is 0 Å². The zero-order valence-electron chi connectivity index (χ0n) is 10.7. The van der Waals surface area contributed by atoms with E-state index in [-0.39, 0.29) is 0 Å². The SMILES string of the molecule is Cc1ccccc1C1CC1CNCC(C)C. The lowest BCUT2D eigenvalue weighted by Crippen LogP contribution is -2.22. The predicted octanol–water partition coefficient (Wildman–Crippen LogP) is 3.34. The third-order valence-electron chi connectivity index (χ3n) is 3.47. The maximum Gasteiger partial charge on any atom is -0.00143 e. The Balaban J connectivity index is 1.81. The summed E-state index contributed by atoms with van der Waals surface area (Å²) in [5.41, 5.74) is 3.03. The Morgan fingerprint density at radius 2 is 2.06 bits per heavy atom. The molecule has 1 aromatic rings. The first-order valence-electron chi connectivity index (χ1n) is 6.44. The molecule has 0 spiro atoms. The van der Waals surface area contributed by atoms with Crippen molar-refractivity contribution >= 4 is 0 Å². The smallest absolute Gasteiger partial charge is 0.00143 e. The third-order valence-corrected chi connectivity index (χ3v) is 3.47. The Morgan fingerprint density at radius 3 is 2.75 bits per heavy atom. The van der Waals surface area contributed by atoms with Crippen LogP contribution in [0.5, 0.6) is 0 Å². The van der Waals surface area contributed by atoms with Gasteiger partial charge in [-0.1, -0.05) is 38.1 Å². The quantitative estimate of drug-likeness (QED) is 0.797. The molecule has 0 heterocycles. The van der Waals surface area contributed by atoms with Gasteiger partial charge in [0.05, 0.1) is 0 Å². The molecule has 1 heteroatoms. The van der Waals surface area contributed by atoms with Crippen molar-refractivity contribution in [1.82, 2.24) is 5.32 Å². The van der Waals surface area contributed by atoms with Gasteiger partial charge in [-0.3, -0.25) is 0 Å². The summed E-state index contributed by atoms with van der Waals surface area (Å²) in [5, 5.41) is 3.57. The fourth-order valence-corrected chi connectivity index (χ4v) is 2.41.